The van der Waals surface area contributed by atoms with E-state index in [1.807, 2.05) is 11.4 Å². The molecule has 0 saturated carbocycles. The maximum atomic E-state index is 11.8. The van der Waals surface area contributed by atoms with E-state index in [4.69, 9.17) is 0 Å². The van der Waals surface area contributed by atoms with E-state index in [1.165, 1.54) is 16.2 Å². The van der Waals surface area contributed by atoms with Crippen LogP contribution in [0, 0.1) is 0 Å². The van der Waals surface area contributed by atoms with Gasteiger partial charge in [0.25, 0.3) is 0 Å². The highest BCUT2D eigenvalue weighted by atomic mass is 32.2. The predicted molar refractivity (Wildman–Crippen MR) is 66.9 cm³/mol. The molecule has 3 heterocycles. The van der Waals surface area contributed by atoms with Crippen LogP contribution in [-0.4, -0.2) is 21.9 Å². The molecule has 1 unspecified atom stereocenters. The van der Waals surface area contributed by atoms with Gasteiger partial charge in [0.2, 0.25) is 11.0 Å². The second kappa shape index (κ2) is 4.15. The molecule has 4 nitrogen and oxygen atoms in total. The minimum atomic E-state index is 0.0699. The van der Waals surface area contributed by atoms with Crippen LogP contribution in [0.4, 0.5) is 5.13 Å². The summed E-state index contributed by atoms with van der Waals surface area (Å²) in [4.78, 5) is 14.8. The molecule has 82 valence electrons. The predicted octanol–water partition coefficient (Wildman–Crippen LogP) is 2.38. The summed E-state index contributed by atoms with van der Waals surface area (Å²) in [6.07, 6.45) is 0. The van der Waals surface area contributed by atoms with E-state index in [0.29, 0.717) is 10.9 Å². The zero-order valence-electron chi connectivity index (χ0n) is 8.07. The van der Waals surface area contributed by atoms with Crippen molar-refractivity contribution in [2.24, 2.45) is 0 Å². The van der Waals surface area contributed by atoms with Gasteiger partial charge in [-0.3, -0.25) is 9.69 Å². The number of amides is 1. The average Bonchev–Trinajstić information content (AvgIpc) is 2.96. The van der Waals surface area contributed by atoms with Crippen molar-refractivity contribution in [3.05, 3.63) is 27.9 Å². The lowest BCUT2D eigenvalue weighted by atomic mass is 10.4. The van der Waals surface area contributed by atoms with Crippen molar-refractivity contribution in [1.29, 1.82) is 0 Å². The Bertz CT molecular complexity index is 482. The summed E-state index contributed by atoms with van der Waals surface area (Å²) in [5.41, 5.74) is 1.65. The number of anilines is 1. The number of nitrogens with zero attached hydrogens (tertiary/aromatic N) is 3. The molecule has 0 aromatic carbocycles. The molecule has 1 atom stereocenters. The fourth-order valence-electron chi connectivity index (χ4n) is 1.55. The smallest absolute Gasteiger partial charge is 0.240 e. The van der Waals surface area contributed by atoms with Gasteiger partial charge >= 0.3 is 0 Å². The van der Waals surface area contributed by atoms with Crippen LogP contribution in [0.25, 0.3) is 0 Å². The highest BCUT2D eigenvalue weighted by Crippen LogP contribution is 2.43. The normalized spacial score (nSPS) is 20.6. The van der Waals surface area contributed by atoms with Gasteiger partial charge in [-0.2, -0.15) is 0 Å². The van der Waals surface area contributed by atoms with Crippen LogP contribution in [0.15, 0.2) is 23.0 Å². The maximum absolute atomic E-state index is 11.8. The standard InChI is InChI=1S/C9H7N3OS3/c13-7-4-15-8(6-2-1-3-14-6)12(7)9-11-10-5-16-9/h1-3,5,8H,4H2. The number of thiophene rings is 1. The molecular weight excluding hydrogens is 262 g/mol. The second-order valence-corrected chi connectivity index (χ2v) is 6.02. The molecule has 0 spiro atoms. The number of carbonyl (C=O) groups is 1. The largest absolute Gasteiger partial charge is 0.273 e. The Labute approximate surface area is 104 Å². The van der Waals surface area contributed by atoms with Crippen molar-refractivity contribution in [1.82, 2.24) is 10.2 Å². The third-order valence-electron chi connectivity index (χ3n) is 2.21. The summed E-state index contributed by atoms with van der Waals surface area (Å²) in [5.74, 6) is 0.627. The van der Waals surface area contributed by atoms with E-state index in [2.05, 4.69) is 16.3 Å². The number of thioether (sulfide) groups is 1. The van der Waals surface area contributed by atoms with Crippen molar-refractivity contribution in [2.45, 2.75) is 5.37 Å². The molecular formula is C9H7N3OS3. The Morgan fingerprint density at radius 3 is 3.06 bits per heavy atom. The summed E-state index contributed by atoms with van der Waals surface area (Å²) in [7, 11) is 0. The minimum absolute atomic E-state index is 0.0699. The van der Waals surface area contributed by atoms with Gasteiger partial charge in [-0.15, -0.1) is 33.3 Å². The van der Waals surface area contributed by atoms with Gasteiger partial charge in [0.05, 0.1) is 5.75 Å². The zero-order valence-corrected chi connectivity index (χ0v) is 10.5. The van der Waals surface area contributed by atoms with Crippen LogP contribution >= 0.6 is 34.4 Å². The summed E-state index contributed by atoms with van der Waals surface area (Å²) < 4.78 is 0. The molecule has 3 rings (SSSR count). The highest BCUT2D eigenvalue weighted by molar-refractivity contribution is 8.01. The molecule has 0 bridgehead atoms. The summed E-state index contributed by atoms with van der Waals surface area (Å²) >= 11 is 4.70. The van der Waals surface area contributed by atoms with Crippen molar-refractivity contribution in [2.75, 3.05) is 10.7 Å². The Morgan fingerprint density at radius 1 is 1.44 bits per heavy atom. The lowest BCUT2D eigenvalue weighted by Crippen LogP contribution is -2.27. The minimum Gasteiger partial charge on any atom is -0.273 e. The van der Waals surface area contributed by atoms with Gasteiger partial charge < -0.3 is 0 Å². The van der Waals surface area contributed by atoms with Crippen LogP contribution in [0.3, 0.4) is 0 Å². The fraction of sp³-hybridized carbons (Fsp3) is 0.222. The van der Waals surface area contributed by atoms with Crippen LogP contribution in [-0.2, 0) is 4.79 Å². The second-order valence-electron chi connectivity index (χ2n) is 3.16. The van der Waals surface area contributed by atoms with E-state index >= 15 is 0 Å². The fourth-order valence-corrected chi connectivity index (χ4v) is 4.33. The average molecular weight is 269 g/mol. The van der Waals surface area contributed by atoms with E-state index in [-0.39, 0.29) is 11.3 Å². The molecule has 1 fully saturated rings. The highest BCUT2D eigenvalue weighted by Gasteiger charge is 2.36. The molecule has 16 heavy (non-hydrogen) atoms. The van der Waals surface area contributed by atoms with Gasteiger partial charge in [0, 0.05) is 4.88 Å². The van der Waals surface area contributed by atoms with Crippen LogP contribution in [0.5, 0.6) is 0 Å². The lowest BCUT2D eigenvalue weighted by molar-refractivity contribution is -0.115. The van der Waals surface area contributed by atoms with Gasteiger partial charge in [0.15, 0.2) is 0 Å². The number of rotatable bonds is 2. The number of hydrogen-bond acceptors (Lipinski definition) is 6. The topological polar surface area (TPSA) is 46.1 Å². The first-order chi connectivity index (χ1) is 7.86. The van der Waals surface area contributed by atoms with Crippen LogP contribution < -0.4 is 4.90 Å². The molecule has 0 aliphatic carbocycles. The van der Waals surface area contributed by atoms with Gasteiger partial charge in [-0.05, 0) is 11.4 Å². The Morgan fingerprint density at radius 2 is 2.38 bits per heavy atom. The van der Waals surface area contributed by atoms with E-state index in [0.717, 1.165) is 0 Å². The van der Waals surface area contributed by atoms with Crippen molar-refractivity contribution >= 4 is 45.5 Å². The third-order valence-corrected chi connectivity index (χ3v) is 5.17. The number of hydrogen-bond donors (Lipinski definition) is 0. The molecule has 1 aliphatic rings. The summed E-state index contributed by atoms with van der Waals surface area (Å²) in [6, 6.07) is 4.05. The van der Waals surface area contributed by atoms with Crippen molar-refractivity contribution in [3.63, 3.8) is 0 Å². The Kier molecular flexibility index (Phi) is 2.66. The van der Waals surface area contributed by atoms with Crippen molar-refractivity contribution in [3.8, 4) is 0 Å². The third kappa shape index (κ3) is 1.64. The molecule has 0 N–H and O–H groups in total. The lowest BCUT2D eigenvalue weighted by Gasteiger charge is -2.19. The van der Waals surface area contributed by atoms with Crippen LogP contribution in [0.2, 0.25) is 0 Å². The molecule has 2 aromatic rings. The molecule has 2 aromatic heterocycles. The van der Waals surface area contributed by atoms with Gasteiger partial charge in [0.1, 0.15) is 10.9 Å². The van der Waals surface area contributed by atoms with Crippen molar-refractivity contribution < 1.29 is 4.79 Å². The summed E-state index contributed by atoms with van der Waals surface area (Å²) in [6.45, 7) is 0. The first-order valence-electron chi connectivity index (χ1n) is 4.59. The molecule has 1 aliphatic heterocycles. The SMILES string of the molecule is O=C1CSC(c2cccs2)N1c1nncs1. The first-order valence-corrected chi connectivity index (χ1v) is 7.40. The Balaban J connectivity index is 1.97. The van der Waals surface area contributed by atoms with Gasteiger partial charge in [-0.1, -0.05) is 17.4 Å². The zero-order chi connectivity index (χ0) is 11.0. The van der Waals surface area contributed by atoms with Gasteiger partial charge in [-0.25, -0.2) is 0 Å². The number of aromatic nitrogens is 2. The van der Waals surface area contributed by atoms with Crippen LogP contribution in [0.1, 0.15) is 10.3 Å². The molecule has 1 saturated heterocycles. The molecule has 7 heteroatoms. The molecule has 1 amide bonds. The number of carbonyl (C=O) groups excluding carboxylic acids is 1. The van der Waals surface area contributed by atoms with E-state index in [9.17, 15) is 4.79 Å². The Hall–Kier alpha value is -0.920. The van der Waals surface area contributed by atoms with E-state index < -0.39 is 0 Å². The summed E-state index contributed by atoms with van der Waals surface area (Å²) in [5, 5.41) is 10.5. The van der Waals surface area contributed by atoms with E-state index in [1.54, 1.807) is 33.5 Å². The monoisotopic (exact) mass is 269 g/mol. The molecule has 0 radical (unpaired) electrons. The quantitative estimate of drug-likeness (QED) is 0.839. The maximum Gasteiger partial charge on any atom is 0.240 e. The first kappa shape index (κ1) is 10.2.